The predicted octanol–water partition coefficient (Wildman–Crippen LogP) is 2.88. The highest BCUT2D eigenvalue weighted by atomic mass is 19.1. The first-order valence-corrected chi connectivity index (χ1v) is 7.54. The maximum absolute atomic E-state index is 13.2. The fraction of sp³-hybridized carbons (Fsp3) is 0.0588. The number of hydrogen-bond donors (Lipinski definition) is 2. The number of nitrogens with zero attached hydrogens (tertiary/aromatic N) is 4. The summed E-state index contributed by atoms with van der Waals surface area (Å²) in [5.41, 5.74) is 3.54. The number of carbonyl (C=O) groups excluding carboxylic acids is 1. The lowest BCUT2D eigenvalue weighted by Crippen LogP contribution is -2.09. The number of halogens is 1. The van der Waals surface area contributed by atoms with Crippen LogP contribution in [-0.2, 0) is 4.79 Å². The van der Waals surface area contributed by atoms with Crippen LogP contribution in [0.5, 0.6) is 0 Å². The van der Waals surface area contributed by atoms with E-state index < -0.39 is 0 Å². The number of aromatic nitrogens is 5. The van der Waals surface area contributed by atoms with E-state index in [1.807, 2.05) is 6.07 Å². The van der Waals surface area contributed by atoms with Crippen molar-refractivity contribution in [3.8, 4) is 22.5 Å². The third kappa shape index (κ3) is 2.74. The van der Waals surface area contributed by atoms with E-state index in [0.717, 1.165) is 16.8 Å². The Bertz CT molecular complexity index is 1070. The van der Waals surface area contributed by atoms with Gasteiger partial charge < -0.3 is 5.32 Å². The van der Waals surface area contributed by atoms with Crippen molar-refractivity contribution in [2.75, 3.05) is 5.32 Å². The van der Waals surface area contributed by atoms with Crippen molar-refractivity contribution in [2.45, 2.75) is 6.92 Å². The van der Waals surface area contributed by atoms with Crippen LogP contribution in [0, 0.1) is 5.82 Å². The minimum absolute atomic E-state index is 0.204. The van der Waals surface area contributed by atoms with Crippen LogP contribution in [-0.4, -0.2) is 30.7 Å². The van der Waals surface area contributed by atoms with Gasteiger partial charge in [-0.1, -0.05) is 0 Å². The maximum atomic E-state index is 13.2. The molecule has 0 aliphatic heterocycles. The van der Waals surface area contributed by atoms with E-state index in [9.17, 15) is 9.18 Å². The Kier molecular flexibility index (Phi) is 3.50. The standard InChI is InChI=1S/C17H13FN6O/c1-10(25)21-16-9-19-15-7-6-14(23-24(15)16)13-8-20-22-17(13)11-2-4-12(18)5-3-11/h2-9H,1H3,(H,20,22)(H,21,25). The Balaban J connectivity index is 1.81. The van der Waals surface area contributed by atoms with E-state index >= 15 is 0 Å². The summed E-state index contributed by atoms with van der Waals surface area (Å²) in [6, 6.07) is 9.74. The first-order valence-electron chi connectivity index (χ1n) is 7.54. The second-order valence-corrected chi connectivity index (χ2v) is 5.48. The quantitative estimate of drug-likeness (QED) is 0.602. The second kappa shape index (κ2) is 5.82. The van der Waals surface area contributed by atoms with Crippen LogP contribution in [0.4, 0.5) is 10.2 Å². The van der Waals surface area contributed by atoms with Gasteiger partial charge >= 0.3 is 0 Å². The first-order chi connectivity index (χ1) is 12.1. The number of hydrogen-bond acceptors (Lipinski definition) is 4. The fourth-order valence-electron chi connectivity index (χ4n) is 2.60. The lowest BCUT2D eigenvalue weighted by atomic mass is 10.1. The summed E-state index contributed by atoms with van der Waals surface area (Å²) in [6.45, 7) is 1.42. The minimum atomic E-state index is -0.303. The highest BCUT2D eigenvalue weighted by molar-refractivity contribution is 5.88. The van der Waals surface area contributed by atoms with E-state index in [4.69, 9.17) is 0 Å². The highest BCUT2D eigenvalue weighted by Crippen LogP contribution is 2.29. The van der Waals surface area contributed by atoms with Gasteiger partial charge in [0.2, 0.25) is 5.91 Å². The normalized spacial score (nSPS) is 11.0. The van der Waals surface area contributed by atoms with Crippen LogP contribution in [0.3, 0.4) is 0 Å². The molecule has 0 saturated heterocycles. The van der Waals surface area contributed by atoms with E-state index in [2.05, 4.69) is 25.6 Å². The number of rotatable bonds is 3. The van der Waals surface area contributed by atoms with Crippen molar-refractivity contribution in [1.29, 1.82) is 0 Å². The number of H-pyrrole nitrogens is 1. The molecule has 0 saturated carbocycles. The molecule has 1 amide bonds. The number of anilines is 1. The Morgan fingerprint density at radius 3 is 2.72 bits per heavy atom. The molecule has 0 fully saturated rings. The van der Waals surface area contributed by atoms with E-state index in [0.29, 0.717) is 17.2 Å². The number of aromatic amines is 1. The highest BCUT2D eigenvalue weighted by Gasteiger charge is 2.14. The van der Waals surface area contributed by atoms with Gasteiger partial charge in [0.25, 0.3) is 0 Å². The molecular formula is C17H13FN6O. The van der Waals surface area contributed by atoms with Gasteiger partial charge in [-0.15, -0.1) is 0 Å². The maximum Gasteiger partial charge on any atom is 0.222 e. The zero-order chi connectivity index (χ0) is 17.4. The smallest absolute Gasteiger partial charge is 0.222 e. The Hall–Kier alpha value is -3.55. The Labute approximate surface area is 141 Å². The molecule has 0 spiro atoms. The van der Waals surface area contributed by atoms with Crippen molar-refractivity contribution in [2.24, 2.45) is 0 Å². The monoisotopic (exact) mass is 336 g/mol. The fourth-order valence-corrected chi connectivity index (χ4v) is 2.60. The summed E-state index contributed by atoms with van der Waals surface area (Å²) in [7, 11) is 0. The van der Waals surface area contributed by atoms with E-state index in [1.165, 1.54) is 19.1 Å². The molecule has 8 heteroatoms. The zero-order valence-electron chi connectivity index (χ0n) is 13.2. The van der Waals surface area contributed by atoms with Gasteiger partial charge in [-0.2, -0.15) is 14.7 Å². The largest absolute Gasteiger partial charge is 0.310 e. The average Bonchev–Trinajstić information content (AvgIpc) is 3.22. The molecule has 0 atom stereocenters. The van der Waals surface area contributed by atoms with Crippen molar-refractivity contribution in [3.05, 3.63) is 54.6 Å². The summed E-state index contributed by atoms with van der Waals surface area (Å²) in [6.07, 6.45) is 3.20. The lowest BCUT2D eigenvalue weighted by molar-refractivity contribution is -0.114. The van der Waals surface area contributed by atoms with Crippen molar-refractivity contribution >= 4 is 17.4 Å². The summed E-state index contributed by atoms with van der Waals surface area (Å²) in [4.78, 5) is 15.5. The molecule has 124 valence electrons. The number of benzene rings is 1. The predicted molar refractivity (Wildman–Crippen MR) is 90.3 cm³/mol. The molecule has 3 aromatic heterocycles. The van der Waals surface area contributed by atoms with Crippen LogP contribution < -0.4 is 5.32 Å². The molecule has 3 heterocycles. The molecule has 4 aromatic rings. The number of amides is 1. The molecule has 0 radical (unpaired) electrons. The molecule has 2 N–H and O–H groups in total. The van der Waals surface area contributed by atoms with Crippen LogP contribution in [0.15, 0.2) is 48.8 Å². The Morgan fingerprint density at radius 1 is 1.16 bits per heavy atom. The number of nitrogens with one attached hydrogen (secondary N) is 2. The second-order valence-electron chi connectivity index (χ2n) is 5.48. The summed E-state index contributed by atoms with van der Waals surface area (Å²) in [5.74, 6) is -0.0248. The molecule has 0 bridgehead atoms. The van der Waals surface area contributed by atoms with Gasteiger partial charge in [0.1, 0.15) is 5.82 Å². The van der Waals surface area contributed by atoms with Gasteiger partial charge in [0.05, 0.1) is 23.8 Å². The third-order valence-corrected chi connectivity index (χ3v) is 3.71. The van der Waals surface area contributed by atoms with Crippen LogP contribution in [0.1, 0.15) is 6.92 Å². The first kappa shape index (κ1) is 15.0. The molecule has 0 aliphatic carbocycles. The lowest BCUT2D eigenvalue weighted by Gasteiger charge is -2.05. The summed E-state index contributed by atoms with van der Waals surface area (Å²) < 4.78 is 14.7. The van der Waals surface area contributed by atoms with E-state index in [-0.39, 0.29) is 11.7 Å². The van der Waals surface area contributed by atoms with Gasteiger partial charge in [-0.25, -0.2) is 9.37 Å². The number of imidazole rings is 1. The topological polar surface area (TPSA) is 88.0 Å². The molecule has 0 unspecified atom stereocenters. The molecule has 1 aromatic carbocycles. The molecule has 4 rings (SSSR count). The zero-order valence-corrected chi connectivity index (χ0v) is 13.2. The number of fused-ring (bicyclic) bond motifs is 1. The Morgan fingerprint density at radius 2 is 1.96 bits per heavy atom. The molecule has 25 heavy (non-hydrogen) atoms. The van der Waals surface area contributed by atoms with Gasteiger partial charge in [-0.3, -0.25) is 9.89 Å². The number of carbonyl (C=O) groups is 1. The van der Waals surface area contributed by atoms with E-state index in [1.54, 1.807) is 35.1 Å². The van der Waals surface area contributed by atoms with Crippen LogP contribution in [0.2, 0.25) is 0 Å². The summed E-state index contributed by atoms with van der Waals surface area (Å²) >= 11 is 0. The minimum Gasteiger partial charge on any atom is -0.310 e. The molecule has 0 aliphatic rings. The van der Waals surface area contributed by atoms with Crippen molar-refractivity contribution < 1.29 is 9.18 Å². The molecular weight excluding hydrogens is 323 g/mol. The molecule has 7 nitrogen and oxygen atoms in total. The van der Waals surface area contributed by atoms with Crippen LogP contribution >= 0.6 is 0 Å². The third-order valence-electron chi connectivity index (χ3n) is 3.71. The van der Waals surface area contributed by atoms with Gasteiger partial charge in [0.15, 0.2) is 11.5 Å². The SMILES string of the molecule is CC(=O)Nc1cnc2ccc(-c3cn[nH]c3-c3ccc(F)cc3)nn12. The van der Waals surface area contributed by atoms with Crippen molar-refractivity contribution in [3.63, 3.8) is 0 Å². The van der Waals surface area contributed by atoms with Crippen LogP contribution in [0.25, 0.3) is 28.2 Å². The summed E-state index contributed by atoms with van der Waals surface area (Å²) in [5, 5.41) is 14.2. The van der Waals surface area contributed by atoms with Crippen molar-refractivity contribution in [1.82, 2.24) is 24.8 Å². The van der Waals surface area contributed by atoms with Gasteiger partial charge in [-0.05, 0) is 36.4 Å². The average molecular weight is 336 g/mol. The van der Waals surface area contributed by atoms with Gasteiger partial charge in [0, 0.05) is 18.1 Å².